The van der Waals surface area contributed by atoms with Crippen molar-refractivity contribution in [2.45, 2.75) is 13.8 Å². The molecule has 0 fully saturated rings. The van der Waals surface area contributed by atoms with Crippen molar-refractivity contribution in [2.24, 2.45) is 0 Å². The van der Waals surface area contributed by atoms with Crippen LogP contribution in [0.4, 0.5) is 11.4 Å². The Kier molecular flexibility index (Phi) is 4.25. The quantitative estimate of drug-likeness (QED) is 0.838. The summed E-state index contributed by atoms with van der Waals surface area (Å²) in [7, 11) is 0. The molecule has 0 unspecified atom stereocenters. The number of nitrogen functional groups attached to an aromatic ring is 1. The van der Waals surface area contributed by atoms with Gasteiger partial charge in [0.25, 0.3) is 5.91 Å². The number of benzene rings is 2. The van der Waals surface area contributed by atoms with Crippen molar-refractivity contribution in [3.8, 4) is 5.75 Å². The predicted molar refractivity (Wildman–Crippen MR) is 81.2 cm³/mol. The molecule has 0 aromatic heterocycles. The molecule has 2 aromatic carbocycles. The lowest BCUT2D eigenvalue weighted by Crippen LogP contribution is -2.13. The Labute approximate surface area is 118 Å². The van der Waals surface area contributed by atoms with Crippen LogP contribution in [-0.2, 0) is 0 Å². The number of carbonyl (C=O) groups excluding carboxylic acids is 1. The van der Waals surface area contributed by atoms with Gasteiger partial charge in [0.05, 0.1) is 18.0 Å². The third-order valence-corrected chi connectivity index (χ3v) is 2.86. The third-order valence-electron chi connectivity index (χ3n) is 2.86. The number of nitrogens with two attached hydrogens (primary N) is 1. The van der Waals surface area contributed by atoms with Gasteiger partial charge in [-0.15, -0.1) is 0 Å². The van der Waals surface area contributed by atoms with Crippen LogP contribution in [0.5, 0.6) is 5.75 Å². The molecule has 0 spiro atoms. The summed E-state index contributed by atoms with van der Waals surface area (Å²) in [5.41, 5.74) is 8.63. The maximum atomic E-state index is 12.1. The van der Waals surface area contributed by atoms with Gasteiger partial charge >= 0.3 is 0 Å². The van der Waals surface area contributed by atoms with Crippen LogP contribution < -0.4 is 15.8 Å². The van der Waals surface area contributed by atoms with E-state index in [4.69, 9.17) is 10.5 Å². The number of hydrogen-bond donors (Lipinski definition) is 2. The van der Waals surface area contributed by atoms with Crippen molar-refractivity contribution >= 4 is 17.3 Å². The Morgan fingerprint density at radius 2 is 2.05 bits per heavy atom. The van der Waals surface area contributed by atoms with Gasteiger partial charge in [0.15, 0.2) is 0 Å². The zero-order valence-corrected chi connectivity index (χ0v) is 11.6. The minimum atomic E-state index is -0.176. The minimum Gasteiger partial charge on any atom is -0.494 e. The molecule has 0 atom stereocenters. The third kappa shape index (κ3) is 3.29. The number of aryl methyl sites for hydroxylation is 1. The first kappa shape index (κ1) is 13.9. The first-order valence-electron chi connectivity index (χ1n) is 6.50. The smallest absolute Gasteiger partial charge is 0.255 e. The van der Waals surface area contributed by atoms with Crippen LogP contribution in [0.3, 0.4) is 0 Å². The average Bonchev–Trinajstić information content (AvgIpc) is 2.42. The Morgan fingerprint density at radius 1 is 1.25 bits per heavy atom. The largest absolute Gasteiger partial charge is 0.494 e. The van der Waals surface area contributed by atoms with Gasteiger partial charge in [0.1, 0.15) is 5.75 Å². The van der Waals surface area contributed by atoms with Crippen molar-refractivity contribution in [1.29, 1.82) is 0 Å². The number of hydrogen-bond acceptors (Lipinski definition) is 3. The fraction of sp³-hybridized carbons (Fsp3) is 0.188. The topological polar surface area (TPSA) is 64.3 Å². The Balaban J connectivity index is 2.15. The SMILES string of the molecule is CCOc1ccc(NC(=O)c2cccc(C)c2)c(N)c1. The zero-order valence-electron chi connectivity index (χ0n) is 11.6. The molecule has 0 saturated heterocycles. The molecule has 4 heteroatoms. The van der Waals surface area contributed by atoms with Gasteiger partial charge in [-0.3, -0.25) is 4.79 Å². The van der Waals surface area contributed by atoms with Crippen LogP contribution in [0, 0.1) is 6.92 Å². The highest BCUT2D eigenvalue weighted by atomic mass is 16.5. The second-order valence-corrected chi connectivity index (χ2v) is 4.51. The Hall–Kier alpha value is -2.49. The summed E-state index contributed by atoms with van der Waals surface area (Å²) in [6.07, 6.45) is 0. The van der Waals surface area contributed by atoms with Gasteiger partial charge < -0.3 is 15.8 Å². The average molecular weight is 270 g/mol. The monoisotopic (exact) mass is 270 g/mol. The minimum absolute atomic E-state index is 0.176. The first-order valence-corrected chi connectivity index (χ1v) is 6.50. The van der Waals surface area contributed by atoms with E-state index >= 15 is 0 Å². The molecule has 20 heavy (non-hydrogen) atoms. The van der Waals surface area contributed by atoms with Crippen molar-refractivity contribution in [3.05, 3.63) is 53.6 Å². The molecule has 3 N–H and O–H groups in total. The molecule has 0 saturated carbocycles. The van der Waals surface area contributed by atoms with Crippen molar-refractivity contribution in [2.75, 3.05) is 17.7 Å². The molecule has 2 aromatic rings. The second-order valence-electron chi connectivity index (χ2n) is 4.51. The first-order chi connectivity index (χ1) is 9.60. The number of anilines is 2. The van der Waals surface area contributed by atoms with E-state index in [0.29, 0.717) is 29.3 Å². The molecule has 0 aliphatic rings. The van der Waals surface area contributed by atoms with E-state index in [1.807, 2.05) is 32.0 Å². The molecule has 0 aliphatic carbocycles. The van der Waals surface area contributed by atoms with Gasteiger partial charge in [-0.2, -0.15) is 0 Å². The Bertz CT molecular complexity index is 624. The van der Waals surface area contributed by atoms with Crippen LogP contribution in [0.15, 0.2) is 42.5 Å². The van der Waals surface area contributed by atoms with Crippen molar-refractivity contribution in [3.63, 3.8) is 0 Å². The predicted octanol–water partition coefficient (Wildman–Crippen LogP) is 3.23. The molecule has 104 valence electrons. The summed E-state index contributed by atoms with van der Waals surface area (Å²) in [6, 6.07) is 12.6. The van der Waals surface area contributed by atoms with E-state index in [0.717, 1.165) is 5.56 Å². The maximum Gasteiger partial charge on any atom is 0.255 e. The van der Waals surface area contributed by atoms with Crippen molar-refractivity contribution < 1.29 is 9.53 Å². The van der Waals surface area contributed by atoms with E-state index < -0.39 is 0 Å². The van der Waals surface area contributed by atoms with E-state index in [1.54, 1.807) is 24.3 Å². The molecule has 0 radical (unpaired) electrons. The summed E-state index contributed by atoms with van der Waals surface area (Å²) in [5, 5.41) is 2.80. The van der Waals surface area contributed by atoms with E-state index in [2.05, 4.69) is 5.32 Å². The summed E-state index contributed by atoms with van der Waals surface area (Å²) in [6.45, 7) is 4.43. The molecule has 4 nitrogen and oxygen atoms in total. The number of rotatable bonds is 4. The van der Waals surface area contributed by atoms with E-state index in [-0.39, 0.29) is 5.91 Å². The Morgan fingerprint density at radius 3 is 2.70 bits per heavy atom. The maximum absolute atomic E-state index is 12.1. The fourth-order valence-corrected chi connectivity index (χ4v) is 1.89. The van der Waals surface area contributed by atoms with Crippen LogP contribution in [0.1, 0.15) is 22.8 Å². The highest BCUT2D eigenvalue weighted by Crippen LogP contribution is 2.24. The number of amides is 1. The summed E-state index contributed by atoms with van der Waals surface area (Å²) in [5.74, 6) is 0.517. The molecule has 0 bridgehead atoms. The van der Waals surface area contributed by atoms with Crippen LogP contribution in [0.2, 0.25) is 0 Å². The number of ether oxygens (including phenoxy) is 1. The fourth-order valence-electron chi connectivity index (χ4n) is 1.89. The van der Waals surface area contributed by atoms with Gasteiger partial charge in [0, 0.05) is 11.6 Å². The van der Waals surface area contributed by atoms with Gasteiger partial charge in [-0.1, -0.05) is 17.7 Å². The molecular weight excluding hydrogens is 252 g/mol. The van der Waals surface area contributed by atoms with E-state index in [9.17, 15) is 4.79 Å². The second kappa shape index (κ2) is 6.10. The van der Waals surface area contributed by atoms with Gasteiger partial charge in [-0.05, 0) is 38.1 Å². The lowest BCUT2D eigenvalue weighted by atomic mass is 10.1. The normalized spacial score (nSPS) is 10.1. The van der Waals surface area contributed by atoms with Crippen LogP contribution in [0.25, 0.3) is 0 Å². The van der Waals surface area contributed by atoms with Crippen LogP contribution in [-0.4, -0.2) is 12.5 Å². The van der Waals surface area contributed by atoms with Gasteiger partial charge in [0.2, 0.25) is 0 Å². The molecule has 1 amide bonds. The zero-order chi connectivity index (χ0) is 14.5. The lowest BCUT2D eigenvalue weighted by molar-refractivity contribution is 0.102. The van der Waals surface area contributed by atoms with E-state index in [1.165, 1.54) is 0 Å². The lowest BCUT2D eigenvalue weighted by Gasteiger charge is -2.10. The molecular formula is C16H18N2O2. The van der Waals surface area contributed by atoms with Crippen LogP contribution >= 0.6 is 0 Å². The summed E-state index contributed by atoms with van der Waals surface area (Å²) < 4.78 is 5.35. The summed E-state index contributed by atoms with van der Waals surface area (Å²) in [4.78, 5) is 12.1. The standard InChI is InChI=1S/C16H18N2O2/c1-3-20-13-7-8-15(14(17)10-13)18-16(19)12-6-4-5-11(2)9-12/h4-10H,3,17H2,1-2H3,(H,18,19). The molecule has 0 heterocycles. The summed E-state index contributed by atoms with van der Waals surface area (Å²) >= 11 is 0. The highest BCUT2D eigenvalue weighted by molar-refractivity contribution is 6.05. The highest BCUT2D eigenvalue weighted by Gasteiger charge is 2.08. The molecule has 2 rings (SSSR count). The van der Waals surface area contributed by atoms with Gasteiger partial charge in [-0.25, -0.2) is 0 Å². The number of carbonyl (C=O) groups is 1. The number of nitrogens with one attached hydrogen (secondary N) is 1. The van der Waals surface area contributed by atoms with Crippen molar-refractivity contribution in [1.82, 2.24) is 0 Å². The molecule has 0 aliphatic heterocycles.